The Hall–Kier alpha value is -1.38. The summed E-state index contributed by atoms with van der Waals surface area (Å²) in [6.07, 6.45) is 12.7. The van der Waals surface area contributed by atoms with Crippen LogP contribution in [0.5, 0.6) is 0 Å². The summed E-state index contributed by atoms with van der Waals surface area (Å²) in [5.41, 5.74) is 0. The second-order valence-electron chi connectivity index (χ2n) is 3.79. The highest BCUT2D eigenvalue weighted by Gasteiger charge is 2.16. The van der Waals surface area contributed by atoms with E-state index in [0.29, 0.717) is 0 Å². The minimum Gasteiger partial charge on any atom is -0.298 e. The molecular formula is C13H14N3PS. The Morgan fingerprint density at radius 2 is 1.39 bits per heavy atom. The number of hydrogen-bond donors (Lipinski definition) is 0. The highest BCUT2D eigenvalue weighted by molar-refractivity contribution is 7.98. The summed E-state index contributed by atoms with van der Waals surface area (Å²) in [6, 6.07) is 12.5. The van der Waals surface area contributed by atoms with Crippen molar-refractivity contribution in [3.8, 4) is 0 Å². The number of rotatable bonds is 4. The molecule has 18 heavy (non-hydrogen) atoms. The Labute approximate surface area is 112 Å². The van der Waals surface area contributed by atoms with Crippen LogP contribution in [0.2, 0.25) is 0 Å². The van der Waals surface area contributed by atoms with Crippen molar-refractivity contribution in [1.82, 2.24) is 13.0 Å². The lowest BCUT2D eigenvalue weighted by molar-refractivity contribution is 0.988. The Morgan fingerprint density at radius 1 is 0.833 bits per heavy atom. The van der Waals surface area contributed by atoms with Gasteiger partial charge in [0.1, 0.15) is 0 Å². The maximum absolute atomic E-state index is 2.33. The summed E-state index contributed by atoms with van der Waals surface area (Å²) < 4.78 is 6.85. The van der Waals surface area contributed by atoms with Gasteiger partial charge in [0.2, 0.25) is 8.37 Å². The van der Waals surface area contributed by atoms with Gasteiger partial charge in [-0.2, -0.15) is 0 Å². The summed E-state index contributed by atoms with van der Waals surface area (Å²) in [5, 5.41) is 1.28. The van der Waals surface area contributed by atoms with Gasteiger partial charge in [-0.3, -0.25) is 13.0 Å². The quantitative estimate of drug-likeness (QED) is 0.519. The van der Waals surface area contributed by atoms with Crippen LogP contribution in [-0.2, 0) is 0 Å². The van der Waals surface area contributed by atoms with Crippen molar-refractivity contribution >= 4 is 20.1 Å². The minimum atomic E-state index is -0.632. The van der Waals surface area contributed by atoms with Crippen molar-refractivity contribution in [2.24, 2.45) is 0 Å². The van der Waals surface area contributed by atoms with E-state index in [9.17, 15) is 0 Å². The minimum absolute atomic E-state index is 0.632. The molecule has 0 saturated heterocycles. The second kappa shape index (κ2) is 5.09. The Bertz CT molecular complexity index is 564. The van der Waals surface area contributed by atoms with Gasteiger partial charge < -0.3 is 0 Å². The van der Waals surface area contributed by atoms with Gasteiger partial charge in [-0.1, -0.05) is 0 Å². The fourth-order valence-corrected chi connectivity index (χ4v) is 4.73. The third kappa shape index (κ3) is 2.02. The monoisotopic (exact) mass is 275 g/mol. The molecule has 92 valence electrons. The summed E-state index contributed by atoms with van der Waals surface area (Å²) in [7, 11) is -0.632. The average molecular weight is 275 g/mol. The van der Waals surface area contributed by atoms with E-state index in [2.05, 4.69) is 86.7 Å². The molecule has 0 spiro atoms. The molecule has 0 unspecified atom stereocenters. The van der Waals surface area contributed by atoms with E-state index in [1.807, 2.05) is 0 Å². The van der Waals surface area contributed by atoms with Crippen LogP contribution < -0.4 is 0 Å². The summed E-state index contributed by atoms with van der Waals surface area (Å²) in [6.45, 7) is 0. The Balaban J connectivity index is 2.11. The van der Waals surface area contributed by atoms with Crippen LogP contribution >= 0.6 is 20.1 Å². The molecule has 3 nitrogen and oxygen atoms in total. The molecule has 0 N–H and O–H groups in total. The number of aromatic nitrogens is 3. The van der Waals surface area contributed by atoms with Crippen LogP contribution in [0.25, 0.3) is 0 Å². The highest BCUT2D eigenvalue weighted by Crippen LogP contribution is 2.43. The molecule has 0 radical (unpaired) electrons. The van der Waals surface area contributed by atoms with Gasteiger partial charge in [-0.25, -0.2) is 0 Å². The maximum Gasteiger partial charge on any atom is 0.220 e. The van der Waals surface area contributed by atoms with Crippen molar-refractivity contribution in [3.63, 3.8) is 0 Å². The molecular weight excluding hydrogens is 261 g/mol. The zero-order chi connectivity index (χ0) is 12.4. The van der Waals surface area contributed by atoms with E-state index in [4.69, 9.17) is 0 Å². The van der Waals surface area contributed by atoms with Gasteiger partial charge >= 0.3 is 0 Å². The third-order valence-corrected chi connectivity index (χ3v) is 5.66. The highest BCUT2D eigenvalue weighted by atomic mass is 32.2. The van der Waals surface area contributed by atoms with Crippen LogP contribution in [0.4, 0.5) is 0 Å². The first-order valence-electron chi connectivity index (χ1n) is 5.68. The van der Waals surface area contributed by atoms with Crippen LogP contribution in [0.3, 0.4) is 0 Å². The Morgan fingerprint density at radius 3 is 1.89 bits per heavy atom. The standard InChI is InChI=1S/C13H14N3PS/c1-18-13-7-6-12-16(13)17(14-8-2-3-9-14)15-10-4-5-11-15/h2-12H,1H3. The fraction of sp³-hybridized carbons (Fsp3) is 0.0769. The van der Waals surface area contributed by atoms with E-state index < -0.39 is 8.37 Å². The molecule has 0 atom stereocenters. The molecule has 0 fully saturated rings. The van der Waals surface area contributed by atoms with Gasteiger partial charge in [0.25, 0.3) is 0 Å². The van der Waals surface area contributed by atoms with Crippen molar-refractivity contribution < 1.29 is 0 Å². The van der Waals surface area contributed by atoms with Crippen LogP contribution in [0.15, 0.2) is 72.4 Å². The molecule has 0 saturated carbocycles. The maximum atomic E-state index is 2.33. The first kappa shape index (κ1) is 11.7. The smallest absolute Gasteiger partial charge is 0.220 e. The van der Waals surface area contributed by atoms with Crippen LogP contribution in [-0.4, -0.2) is 19.3 Å². The van der Waals surface area contributed by atoms with Crippen molar-refractivity contribution in [2.75, 3.05) is 6.26 Å². The van der Waals surface area contributed by atoms with Crippen molar-refractivity contribution in [3.05, 3.63) is 67.4 Å². The number of hydrogen-bond acceptors (Lipinski definition) is 1. The van der Waals surface area contributed by atoms with Gasteiger partial charge in [0, 0.05) is 31.0 Å². The lowest BCUT2D eigenvalue weighted by Gasteiger charge is -2.22. The third-order valence-electron chi connectivity index (χ3n) is 2.68. The lowest BCUT2D eigenvalue weighted by Crippen LogP contribution is -2.05. The molecule has 0 aliphatic rings. The fourth-order valence-electron chi connectivity index (χ4n) is 1.90. The van der Waals surface area contributed by atoms with Gasteiger partial charge in [0.05, 0.1) is 5.03 Å². The van der Waals surface area contributed by atoms with E-state index >= 15 is 0 Å². The zero-order valence-corrected chi connectivity index (χ0v) is 11.8. The largest absolute Gasteiger partial charge is 0.298 e. The Kier molecular flexibility index (Phi) is 3.31. The molecule has 0 bridgehead atoms. The first-order chi connectivity index (χ1) is 8.90. The van der Waals surface area contributed by atoms with Crippen molar-refractivity contribution in [2.45, 2.75) is 5.03 Å². The molecule has 3 aromatic rings. The molecule has 0 aliphatic heterocycles. The van der Waals surface area contributed by atoms with Crippen molar-refractivity contribution in [1.29, 1.82) is 0 Å². The predicted molar refractivity (Wildman–Crippen MR) is 78.2 cm³/mol. The SMILES string of the molecule is CSc1cccn1P(n1cccc1)n1cccc1. The topological polar surface area (TPSA) is 14.8 Å². The summed E-state index contributed by atoms with van der Waals surface area (Å²) in [5.74, 6) is 0. The van der Waals surface area contributed by atoms with Gasteiger partial charge in [-0.05, 0) is 42.7 Å². The summed E-state index contributed by atoms with van der Waals surface area (Å²) in [4.78, 5) is 0. The second-order valence-corrected chi connectivity index (χ2v) is 6.51. The van der Waals surface area contributed by atoms with Crippen LogP contribution in [0, 0.1) is 0 Å². The molecule has 0 amide bonds. The molecule has 3 heterocycles. The molecule has 0 aromatic carbocycles. The molecule has 0 aliphatic carbocycles. The molecule has 3 rings (SSSR count). The van der Waals surface area contributed by atoms with Crippen LogP contribution in [0.1, 0.15) is 0 Å². The van der Waals surface area contributed by atoms with Gasteiger partial charge in [0.15, 0.2) is 0 Å². The molecule has 5 heteroatoms. The molecule has 3 aromatic heterocycles. The van der Waals surface area contributed by atoms with E-state index in [-0.39, 0.29) is 0 Å². The average Bonchev–Trinajstić information content (AvgIpc) is 3.13. The van der Waals surface area contributed by atoms with Gasteiger partial charge in [-0.15, -0.1) is 11.8 Å². The van der Waals surface area contributed by atoms with E-state index in [1.54, 1.807) is 11.8 Å². The number of thioether (sulfide) groups is 1. The zero-order valence-electron chi connectivity index (χ0n) is 10.0. The van der Waals surface area contributed by atoms with E-state index in [1.165, 1.54) is 5.03 Å². The predicted octanol–water partition coefficient (Wildman–Crippen LogP) is 3.98. The normalized spacial score (nSPS) is 11.2. The first-order valence-corrected chi connectivity index (χ1v) is 8.11. The summed E-state index contributed by atoms with van der Waals surface area (Å²) >= 11 is 1.78. The number of nitrogens with zero attached hydrogens (tertiary/aromatic N) is 3. The van der Waals surface area contributed by atoms with E-state index in [0.717, 1.165) is 0 Å². The lowest BCUT2D eigenvalue weighted by atomic mass is 10.7.